The van der Waals surface area contributed by atoms with E-state index < -0.39 is 46.5 Å². The molecule has 0 saturated heterocycles. The van der Waals surface area contributed by atoms with E-state index in [0.29, 0.717) is 6.07 Å². The summed E-state index contributed by atoms with van der Waals surface area (Å²) in [4.78, 5) is 0.553. The Morgan fingerprint density at radius 2 is 1.75 bits per heavy atom. The Morgan fingerprint density at radius 1 is 1.25 bits per heavy atom. The molecule has 0 aliphatic heterocycles. The van der Waals surface area contributed by atoms with Crippen LogP contribution in [0.1, 0.15) is 0 Å². The van der Waals surface area contributed by atoms with Crippen LogP contribution < -0.4 is 17.1 Å². The number of nitrogens with zero attached hydrogens (tertiary/aromatic N) is 2. The number of hydrogen-bond acceptors (Lipinski definition) is 6. The third-order valence-corrected chi connectivity index (χ3v) is 4.17. The quantitative estimate of drug-likeness (QED) is 0.478. The van der Waals surface area contributed by atoms with Gasteiger partial charge in [0.05, 0.1) is 12.1 Å². The highest BCUT2D eigenvalue weighted by atomic mass is 35.5. The van der Waals surface area contributed by atoms with Crippen LogP contribution in [0, 0.1) is 5.39 Å². The van der Waals surface area contributed by atoms with E-state index in [-0.39, 0.29) is 12.4 Å². The molecule has 0 aliphatic rings. The van der Waals surface area contributed by atoms with E-state index >= 15 is 0 Å². The fourth-order valence-corrected chi connectivity index (χ4v) is 3.21. The zero-order valence-electron chi connectivity index (χ0n) is 9.48. The van der Waals surface area contributed by atoms with Crippen molar-refractivity contribution in [1.82, 2.24) is 0 Å². The Kier molecular flexibility index (Phi) is 5.73. The van der Waals surface area contributed by atoms with Crippen molar-refractivity contribution < 1.29 is 43.1 Å². The van der Waals surface area contributed by atoms with Crippen molar-refractivity contribution in [2.45, 2.75) is 9.79 Å². The van der Waals surface area contributed by atoms with Gasteiger partial charge in [-0.15, -0.1) is 0 Å². The van der Waals surface area contributed by atoms with Gasteiger partial charge < -0.3 is 17.1 Å². The summed E-state index contributed by atoms with van der Waals surface area (Å²) < 4.78 is 66.8. The first kappa shape index (κ1) is 18.8. The van der Waals surface area contributed by atoms with Gasteiger partial charge in [-0.2, -0.15) is 16.8 Å². The first-order valence-corrected chi connectivity index (χ1v) is 7.50. The maximum absolute atomic E-state index is 11.1. The highest BCUT2D eigenvalue weighted by molar-refractivity contribution is 7.86. The van der Waals surface area contributed by atoms with E-state index in [4.69, 9.17) is 26.1 Å². The minimum atomic E-state index is -4.88. The van der Waals surface area contributed by atoms with Crippen LogP contribution in [0.3, 0.4) is 0 Å². The second-order valence-electron chi connectivity index (χ2n) is 3.12. The molecule has 0 unspecified atom stereocenters. The van der Waals surface area contributed by atoms with Crippen LogP contribution in [-0.4, -0.2) is 33.1 Å². The summed E-state index contributed by atoms with van der Waals surface area (Å²) in [6.45, 7) is 0. The maximum atomic E-state index is 11.1. The molecular formula is C7H6Cl2N2O7S2. The smallest absolute Gasteiger partial charge is 0.448 e. The average molecular weight is 365 g/mol. The standard InChI is InChI=1S/C7H5ClN2O7S2.ClH/c1-17-6-5(10-9)4(18(11,12)13)2-3(8)7(6)19(14,15)16;/h2H,1H3,(H-,11,12,13,14,15,16);1H. The lowest BCUT2D eigenvalue weighted by atomic mass is 10.3. The monoisotopic (exact) mass is 364 g/mol. The van der Waals surface area contributed by atoms with E-state index in [0.717, 1.165) is 7.11 Å². The van der Waals surface area contributed by atoms with Gasteiger partial charge in [0.15, 0.2) is 14.8 Å². The molecule has 0 bridgehead atoms. The molecule has 2 N–H and O–H groups in total. The number of benzene rings is 1. The normalized spacial score (nSPS) is 11.3. The lowest BCUT2D eigenvalue weighted by Gasteiger charge is -2.07. The molecule has 0 fully saturated rings. The van der Waals surface area contributed by atoms with Crippen molar-refractivity contribution in [2.75, 3.05) is 7.11 Å². The van der Waals surface area contributed by atoms with Crippen LogP contribution in [-0.2, 0) is 20.2 Å². The van der Waals surface area contributed by atoms with Gasteiger partial charge in [-0.1, -0.05) is 11.6 Å². The van der Waals surface area contributed by atoms with Crippen molar-refractivity contribution in [3.63, 3.8) is 0 Å². The van der Waals surface area contributed by atoms with Crippen LogP contribution in [0.4, 0.5) is 5.69 Å². The molecule has 9 nitrogen and oxygen atoms in total. The molecular weight excluding hydrogens is 359 g/mol. The summed E-state index contributed by atoms with van der Waals surface area (Å²) in [6, 6.07) is 0.498. The van der Waals surface area contributed by atoms with Gasteiger partial charge in [0, 0.05) is 0 Å². The Balaban J connectivity index is 0.00000361. The fourth-order valence-electron chi connectivity index (χ4n) is 1.30. The highest BCUT2D eigenvalue weighted by Crippen LogP contribution is 2.43. The highest BCUT2D eigenvalue weighted by Gasteiger charge is 2.37. The number of halogens is 2. The Hall–Kier alpha value is -1.16. The minimum Gasteiger partial charge on any atom is -1.00 e. The molecule has 0 aliphatic carbocycles. The van der Waals surface area contributed by atoms with Gasteiger partial charge >= 0.3 is 15.8 Å². The van der Waals surface area contributed by atoms with Gasteiger partial charge in [-0.25, -0.2) is 0 Å². The lowest BCUT2D eigenvalue weighted by Crippen LogP contribution is -3.00. The molecule has 0 saturated carbocycles. The van der Waals surface area contributed by atoms with Gasteiger partial charge in [-0.3, -0.25) is 9.11 Å². The second kappa shape index (κ2) is 6.08. The fraction of sp³-hybridized carbons (Fsp3) is 0.143. The van der Waals surface area contributed by atoms with E-state index in [1.807, 2.05) is 0 Å². The molecule has 1 aromatic carbocycles. The molecule has 0 radical (unpaired) electrons. The summed E-state index contributed by atoms with van der Waals surface area (Å²) in [5, 5.41) is 7.99. The third kappa shape index (κ3) is 3.48. The summed E-state index contributed by atoms with van der Waals surface area (Å²) in [6.07, 6.45) is 0. The molecule has 0 aromatic heterocycles. The van der Waals surface area contributed by atoms with Crippen molar-refractivity contribution >= 4 is 37.5 Å². The number of rotatable bonds is 3. The van der Waals surface area contributed by atoms with Gasteiger partial charge in [0.1, 0.15) is 0 Å². The molecule has 1 rings (SSSR count). The number of methoxy groups -OCH3 is 1. The molecule has 13 heteroatoms. The summed E-state index contributed by atoms with van der Waals surface area (Å²) in [5.74, 6) is -0.829. The molecule has 0 amide bonds. The van der Waals surface area contributed by atoms with Gasteiger partial charge in [-0.05, 0) is 6.07 Å². The van der Waals surface area contributed by atoms with Crippen LogP contribution in [0.2, 0.25) is 5.02 Å². The molecule has 112 valence electrons. The van der Waals surface area contributed by atoms with Crippen molar-refractivity contribution in [3.05, 3.63) is 16.1 Å². The Bertz CT molecular complexity index is 782. The van der Waals surface area contributed by atoms with Crippen LogP contribution in [0.25, 0.3) is 4.98 Å². The van der Waals surface area contributed by atoms with Crippen LogP contribution in [0.5, 0.6) is 5.75 Å². The number of ether oxygens (including phenoxy) is 1. The van der Waals surface area contributed by atoms with Gasteiger partial charge in [0.25, 0.3) is 10.1 Å². The average Bonchev–Trinajstić information content (AvgIpc) is 2.24. The molecule has 20 heavy (non-hydrogen) atoms. The zero-order chi connectivity index (χ0) is 15.0. The number of hydrogen-bond donors (Lipinski definition) is 2. The van der Waals surface area contributed by atoms with E-state index in [1.165, 1.54) is 0 Å². The third-order valence-electron chi connectivity index (χ3n) is 1.97. The predicted octanol–water partition coefficient (Wildman–Crippen LogP) is -1.67. The van der Waals surface area contributed by atoms with E-state index in [2.05, 4.69) is 9.71 Å². The largest absolute Gasteiger partial charge is 1.00 e. The van der Waals surface area contributed by atoms with Crippen molar-refractivity contribution in [1.29, 1.82) is 5.39 Å². The Labute approximate surface area is 125 Å². The van der Waals surface area contributed by atoms with E-state index in [1.54, 1.807) is 0 Å². The first-order valence-electron chi connectivity index (χ1n) is 4.24. The molecule has 0 atom stereocenters. The first-order chi connectivity index (χ1) is 8.54. The Morgan fingerprint density at radius 3 is 2.05 bits per heavy atom. The molecule has 1 aromatic rings. The maximum Gasteiger partial charge on any atom is 0.448 e. The topological polar surface area (TPSA) is 146 Å². The van der Waals surface area contributed by atoms with Crippen LogP contribution >= 0.6 is 11.6 Å². The summed E-state index contributed by atoms with van der Waals surface area (Å²) in [5.41, 5.74) is -0.915. The predicted molar refractivity (Wildman–Crippen MR) is 62.4 cm³/mol. The SMILES string of the molecule is COc1c([N+]#N)c(S(=O)(=O)O)cc(Cl)c1S(=O)(=O)O.[Cl-]. The van der Waals surface area contributed by atoms with Crippen molar-refractivity contribution in [3.8, 4) is 5.75 Å². The summed E-state index contributed by atoms with van der Waals surface area (Å²) >= 11 is 5.51. The molecule has 0 heterocycles. The number of diazo groups is 1. The second-order valence-corrected chi connectivity index (χ2v) is 6.27. The van der Waals surface area contributed by atoms with Crippen LogP contribution in [0.15, 0.2) is 15.9 Å². The lowest BCUT2D eigenvalue weighted by molar-refractivity contribution is -0.0000127. The van der Waals surface area contributed by atoms with Crippen molar-refractivity contribution in [2.24, 2.45) is 0 Å². The summed E-state index contributed by atoms with van der Waals surface area (Å²) in [7, 11) is -8.81. The van der Waals surface area contributed by atoms with E-state index in [9.17, 15) is 16.8 Å². The minimum absolute atomic E-state index is 0. The van der Waals surface area contributed by atoms with Gasteiger partial charge in [0.2, 0.25) is 11.1 Å². The zero-order valence-corrected chi connectivity index (χ0v) is 12.6. The molecule has 0 spiro atoms.